The third-order valence-corrected chi connectivity index (χ3v) is 2.20. The van der Waals surface area contributed by atoms with Crippen molar-refractivity contribution in [2.45, 2.75) is 38.3 Å². The van der Waals surface area contributed by atoms with Gasteiger partial charge in [0.25, 0.3) is 0 Å². The maximum Gasteiger partial charge on any atom is 0.304 e. The molecule has 2 aliphatic rings. The van der Waals surface area contributed by atoms with Crippen LogP contribution in [0.25, 0.3) is 0 Å². The Morgan fingerprint density at radius 1 is 1.50 bits per heavy atom. The first-order chi connectivity index (χ1) is 5.75. The van der Waals surface area contributed by atoms with Crippen LogP contribution in [0.5, 0.6) is 0 Å². The molecule has 12 heavy (non-hydrogen) atoms. The molecule has 2 aliphatic heterocycles. The predicted octanol–water partition coefficient (Wildman–Crippen LogP) is 0.453. The zero-order chi connectivity index (χ0) is 8.55. The lowest BCUT2D eigenvalue weighted by Crippen LogP contribution is -2.16. The minimum Gasteiger partial charge on any atom is -0.436 e. The molecule has 0 aromatic heterocycles. The Morgan fingerprint density at radius 2 is 2.33 bits per heavy atom. The van der Waals surface area contributed by atoms with Gasteiger partial charge in [-0.3, -0.25) is 4.79 Å². The third kappa shape index (κ3) is 1.44. The van der Waals surface area contributed by atoms with E-state index in [1.807, 2.05) is 0 Å². The van der Waals surface area contributed by atoms with Crippen LogP contribution in [0.2, 0.25) is 0 Å². The van der Waals surface area contributed by atoms with Crippen molar-refractivity contribution in [1.29, 1.82) is 0 Å². The van der Waals surface area contributed by atoms with E-state index in [1.165, 1.54) is 6.92 Å². The average Bonchev–Trinajstić information content (AvgIpc) is 2.43. The summed E-state index contributed by atoms with van der Waals surface area (Å²) in [5.41, 5.74) is 0. The van der Waals surface area contributed by atoms with Crippen molar-refractivity contribution in [2.24, 2.45) is 0 Å². The van der Waals surface area contributed by atoms with E-state index in [0.29, 0.717) is 6.42 Å². The Morgan fingerprint density at radius 3 is 3.00 bits per heavy atom. The Labute approximate surface area is 70.8 Å². The maximum atomic E-state index is 10.6. The molecule has 0 radical (unpaired) electrons. The first kappa shape index (κ1) is 8.01. The molecule has 2 fully saturated rings. The van der Waals surface area contributed by atoms with Crippen LogP contribution >= 0.6 is 0 Å². The second-order valence-electron chi connectivity index (χ2n) is 3.15. The van der Waals surface area contributed by atoms with Crippen molar-refractivity contribution in [3.8, 4) is 0 Å². The van der Waals surface area contributed by atoms with Crippen LogP contribution < -0.4 is 0 Å². The molecule has 3 unspecified atom stereocenters. The summed E-state index contributed by atoms with van der Waals surface area (Å²) in [6.07, 6.45) is 1.52. The zero-order valence-corrected chi connectivity index (χ0v) is 6.99. The molecule has 2 saturated heterocycles. The summed E-state index contributed by atoms with van der Waals surface area (Å²) in [6.45, 7) is 2.15. The van der Waals surface area contributed by atoms with Gasteiger partial charge in [-0.2, -0.15) is 0 Å². The Balaban J connectivity index is 1.86. The van der Waals surface area contributed by atoms with E-state index in [4.69, 9.17) is 14.2 Å². The predicted molar refractivity (Wildman–Crippen MR) is 39.4 cm³/mol. The number of carbonyl (C=O) groups is 1. The lowest BCUT2D eigenvalue weighted by atomic mass is 10.2. The topological polar surface area (TPSA) is 44.8 Å². The second-order valence-corrected chi connectivity index (χ2v) is 3.15. The second kappa shape index (κ2) is 3.03. The van der Waals surface area contributed by atoms with Crippen molar-refractivity contribution in [3.05, 3.63) is 0 Å². The molecule has 3 atom stereocenters. The van der Waals surface area contributed by atoms with Gasteiger partial charge in [-0.15, -0.1) is 0 Å². The number of fused-ring (bicyclic) bond motifs is 1. The smallest absolute Gasteiger partial charge is 0.304 e. The molecule has 0 saturated carbocycles. The molecule has 0 aromatic rings. The van der Waals surface area contributed by atoms with Crippen LogP contribution in [0.1, 0.15) is 19.8 Å². The van der Waals surface area contributed by atoms with Crippen LogP contribution in [0.15, 0.2) is 0 Å². The van der Waals surface area contributed by atoms with Gasteiger partial charge in [-0.05, 0) is 6.42 Å². The average molecular weight is 172 g/mol. The fourth-order valence-electron chi connectivity index (χ4n) is 1.71. The van der Waals surface area contributed by atoms with E-state index < -0.39 is 0 Å². The fraction of sp³-hybridized carbons (Fsp3) is 0.875. The highest BCUT2D eigenvalue weighted by Gasteiger charge is 2.40. The van der Waals surface area contributed by atoms with E-state index in [-0.39, 0.29) is 24.5 Å². The van der Waals surface area contributed by atoms with Crippen LogP contribution in [-0.2, 0) is 19.0 Å². The van der Waals surface area contributed by atoms with Crippen molar-refractivity contribution in [1.82, 2.24) is 0 Å². The van der Waals surface area contributed by atoms with Gasteiger partial charge in [-0.25, -0.2) is 0 Å². The first-order valence-corrected chi connectivity index (χ1v) is 4.20. The highest BCUT2D eigenvalue weighted by Crippen LogP contribution is 2.30. The molecule has 4 nitrogen and oxygen atoms in total. The van der Waals surface area contributed by atoms with Crippen LogP contribution in [0, 0.1) is 0 Å². The van der Waals surface area contributed by atoms with Gasteiger partial charge >= 0.3 is 5.97 Å². The SMILES string of the molecule is CC(=O)OC1CC2OCCC2O1. The Kier molecular flexibility index (Phi) is 2.02. The van der Waals surface area contributed by atoms with Crippen LogP contribution in [0.4, 0.5) is 0 Å². The van der Waals surface area contributed by atoms with Crippen LogP contribution in [0.3, 0.4) is 0 Å². The molecular weight excluding hydrogens is 160 g/mol. The standard InChI is InChI=1S/C8H12O4/c1-5(9)11-8-4-7-6(12-8)2-3-10-7/h6-8H,2-4H2,1H3. The number of rotatable bonds is 1. The van der Waals surface area contributed by atoms with E-state index in [1.54, 1.807) is 0 Å². The molecular formula is C8H12O4. The molecule has 2 heterocycles. The molecule has 0 N–H and O–H groups in total. The van der Waals surface area contributed by atoms with Crippen molar-refractivity contribution in [2.75, 3.05) is 6.61 Å². The molecule has 2 rings (SSSR count). The summed E-state index contributed by atoms with van der Waals surface area (Å²) in [7, 11) is 0. The summed E-state index contributed by atoms with van der Waals surface area (Å²) in [6, 6.07) is 0. The fourth-order valence-corrected chi connectivity index (χ4v) is 1.71. The summed E-state index contributed by atoms with van der Waals surface area (Å²) in [4.78, 5) is 10.6. The van der Waals surface area contributed by atoms with E-state index in [9.17, 15) is 4.79 Å². The van der Waals surface area contributed by atoms with Gasteiger partial charge in [0.2, 0.25) is 6.29 Å². The largest absolute Gasteiger partial charge is 0.436 e. The van der Waals surface area contributed by atoms with Gasteiger partial charge in [0.05, 0.1) is 12.2 Å². The summed E-state index contributed by atoms with van der Waals surface area (Å²) in [5.74, 6) is -0.292. The highest BCUT2D eigenvalue weighted by molar-refractivity contribution is 5.66. The minimum absolute atomic E-state index is 0.148. The van der Waals surface area contributed by atoms with Gasteiger partial charge in [0.15, 0.2) is 0 Å². The lowest BCUT2D eigenvalue weighted by molar-refractivity contribution is -0.172. The lowest BCUT2D eigenvalue weighted by Gasteiger charge is -2.10. The molecule has 0 aromatic carbocycles. The quantitative estimate of drug-likeness (QED) is 0.539. The molecule has 68 valence electrons. The monoisotopic (exact) mass is 172 g/mol. The van der Waals surface area contributed by atoms with E-state index in [0.717, 1.165) is 13.0 Å². The third-order valence-electron chi connectivity index (χ3n) is 2.20. The Hall–Kier alpha value is -0.610. The van der Waals surface area contributed by atoms with Crippen LogP contribution in [-0.4, -0.2) is 31.1 Å². The number of hydrogen-bond acceptors (Lipinski definition) is 4. The molecule has 0 aliphatic carbocycles. The molecule has 0 amide bonds. The highest BCUT2D eigenvalue weighted by atomic mass is 16.7. The maximum absolute atomic E-state index is 10.6. The number of ether oxygens (including phenoxy) is 3. The van der Waals surface area contributed by atoms with Gasteiger partial charge < -0.3 is 14.2 Å². The summed E-state index contributed by atoms with van der Waals surface area (Å²) >= 11 is 0. The van der Waals surface area contributed by atoms with Gasteiger partial charge in [-0.1, -0.05) is 0 Å². The van der Waals surface area contributed by atoms with E-state index >= 15 is 0 Å². The first-order valence-electron chi connectivity index (χ1n) is 4.20. The summed E-state index contributed by atoms with van der Waals surface area (Å²) < 4.78 is 15.7. The van der Waals surface area contributed by atoms with E-state index in [2.05, 4.69) is 0 Å². The Bertz CT molecular complexity index is 179. The van der Waals surface area contributed by atoms with Gasteiger partial charge in [0.1, 0.15) is 0 Å². The van der Waals surface area contributed by atoms with Gasteiger partial charge in [0, 0.05) is 20.0 Å². The molecule has 4 heteroatoms. The zero-order valence-electron chi connectivity index (χ0n) is 6.99. The number of hydrogen-bond donors (Lipinski definition) is 0. The van der Waals surface area contributed by atoms with Crippen molar-refractivity contribution >= 4 is 5.97 Å². The number of esters is 1. The normalized spacial score (nSPS) is 39.6. The molecule has 0 bridgehead atoms. The van der Waals surface area contributed by atoms with Crippen molar-refractivity contribution < 1.29 is 19.0 Å². The minimum atomic E-state index is -0.377. The van der Waals surface area contributed by atoms with Crippen molar-refractivity contribution in [3.63, 3.8) is 0 Å². The molecule has 0 spiro atoms. The number of carbonyl (C=O) groups excluding carboxylic acids is 1. The summed E-state index contributed by atoms with van der Waals surface area (Å²) in [5, 5.41) is 0.